The van der Waals surface area contributed by atoms with E-state index in [0.29, 0.717) is 17.7 Å². The van der Waals surface area contributed by atoms with Crippen LogP contribution < -0.4 is 0 Å². The van der Waals surface area contributed by atoms with Crippen LogP contribution in [0.2, 0.25) is 0 Å². The minimum Gasteiger partial charge on any atom is -0.333 e. The molecule has 0 radical (unpaired) electrons. The van der Waals surface area contributed by atoms with E-state index >= 15 is 0 Å². The number of hydrogen-bond donors (Lipinski definition) is 0. The van der Waals surface area contributed by atoms with Gasteiger partial charge in [-0.15, -0.1) is 11.3 Å². The third kappa shape index (κ3) is 4.48. The normalized spacial score (nSPS) is 22.6. The number of hydrogen-bond acceptors (Lipinski definition) is 6. The van der Waals surface area contributed by atoms with Gasteiger partial charge in [-0.2, -0.15) is 0 Å². The zero-order chi connectivity index (χ0) is 24.4. The van der Waals surface area contributed by atoms with Gasteiger partial charge in [-0.25, -0.2) is 9.37 Å². The predicted molar refractivity (Wildman–Crippen MR) is 128 cm³/mol. The molecular formula is C26H25FN4O3S. The lowest BCUT2D eigenvalue weighted by Crippen LogP contribution is -2.45. The third-order valence-corrected chi connectivity index (χ3v) is 7.74. The minimum absolute atomic E-state index is 0.0578. The first-order valence-corrected chi connectivity index (χ1v) is 12.5. The van der Waals surface area contributed by atoms with Crippen molar-refractivity contribution in [3.8, 4) is 0 Å². The number of carbonyl (C=O) groups excluding carboxylic acids is 3. The van der Waals surface area contributed by atoms with Crippen LogP contribution in [0.1, 0.15) is 54.3 Å². The van der Waals surface area contributed by atoms with Crippen molar-refractivity contribution in [3.63, 3.8) is 0 Å². The average molecular weight is 493 g/mol. The van der Waals surface area contributed by atoms with Gasteiger partial charge in [0.05, 0.1) is 18.0 Å². The molecule has 0 saturated carbocycles. The fourth-order valence-electron chi connectivity index (χ4n) is 5.13. The molecule has 2 aliphatic heterocycles. The van der Waals surface area contributed by atoms with Crippen LogP contribution >= 0.6 is 11.3 Å². The van der Waals surface area contributed by atoms with Crippen molar-refractivity contribution in [1.29, 1.82) is 0 Å². The van der Waals surface area contributed by atoms with Crippen molar-refractivity contribution >= 4 is 29.1 Å². The molecule has 4 heterocycles. The molecule has 0 aliphatic carbocycles. The first-order chi connectivity index (χ1) is 17.0. The van der Waals surface area contributed by atoms with E-state index in [0.717, 1.165) is 24.3 Å². The number of pyridine rings is 1. The number of imide groups is 1. The molecule has 2 aliphatic rings. The largest absolute Gasteiger partial charge is 0.333 e. The van der Waals surface area contributed by atoms with Crippen molar-refractivity contribution in [2.75, 3.05) is 6.54 Å². The SMILES string of the molecule is O=C1CC(CC(=O)N2CCCCC2c2nccs2)(c2cccc(F)c2)C(=O)N1Cc1cccnc1. The van der Waals surface area contributed by atoms with E-state index in [2.05, 4.69) is 9.97 Å². The topological polar surface area (TPSA) is 83.5 Å². The van der Waals surface area contributed by atoms with E-state index in [1.54, 1.807) is 41.7 Å². The van der Waals surface area contributed by atoms with Gasteiger partial charge < -0.3 is 4.90 Å². The summed E-state index contributed by atoms with van der Waals surface area (Å²) in [5, 5.41) is 2.75. The number of thiazole rings is 1. The molecule has 2 saturated heterocycles. The lowest BCUT2D eigenvalue weighted by atomic mass is 9.75. The summed E-state index contributed by atoms with van der Waals surface area (Å²) in [4.78, 5) is 52.2. The Bertz CT molecular complexity index is 1240. The monoisotopic (exact) mass is 492 g/mol. The number of halogens is 1. The zero-order valence-electron chi connectivity index (χ0n) is 19.1. The van der Waals surface area contributed by atoms with Crippen LogP contribution in [0.5, 0.6) is 0 Å². The van der Waals surface area contributed by atoms with Crippen LogP contribution in [0.3, 0.4) is 0 Å². The average Bonchev–Trinajstić information content (AvgIpc) is 3.49. The Morgan fingerprint density at radius 1 is 1.17 bits per heavy atom. The molecule has 0 N–H and O–H groups in total. The smallest absolute Gasteiger partial charge is 0.241 e. The standard InChI is InChI=1S/C26H25FN4O3S/c27-20-7-3-6-19(13-20)26(15-23(33)31(25(26)34)17-18-5-4-9-28-16-18)14-22(32)30-11-2-1-8-21(30)24-29-10-12-35-24/h3-7,9-10,12-13,16,21H,1-2,8,11,14-15,17H2. The number of piperidine rings is 1. The molecule has 5 rings (SSSR count). The van der Waals surface area contributed by atoms with Crippen molar-refractivity contribution in [2.24, 2.45) is 0 Å². The summed E-state index contributed by atoms with van der Waals surface area (Å²) in [5.74, 6) is -1.60. The second-order valence-corrected chi connectivity index (χ2v) is 9.99. The van der Waals surface area contributed by atoms with Crippen molar-refractivity contribution < 1.29 is 18.8 Å². The molecule has 180 valence electrons. The van der Waals surface area contributed by atoms with E-state index < -0.39 is 17.1 Å². The summed E-state index contributed by atoms with van der Waals surface area (Å²) in [6, 6.07) is 9.06. The Morgan fingerprint density at radius 3 is 2.80 bits per heavy atom. The highest BCUT2D eigenvalue weighted by Gasteiger charge is 2.54. The van der Waals surface area contributed by atoms with Gasteiger partial charge in [-0.05, 0) is 48.6 Å². The van der Waals surface area contributed by atoms with Crippen molar-refractivity contribution in [3.05, 3.63) is 82.3 Å². The highest BCUT2D eigenvalue weighted by atomic mass is 32.1. The molecule has 2 atom stereocenters. The molecule has 35 heavy (non-hydrogen) atoms. The third-order valence-electron chi connectivity index (χ3n) is 6.86. The van der Waals surface area contributed by atoms with Crippen molar-refractivity contribution in [2.45, 2.75) is 50.1 Å². The number of nitrogens with zero attached hydrogens (tertiary/aromatic N) is 4. The van der Waals surface area contributed by atoms with Gasteiger partial charge in [0.15, 0.2) is 0 Å². The van der Waals surface area contributed by atoms with E-state index in [1.807, 2.05) is 5.38 Å². The van der Waals surface area contributed by atoms with E-state index in [-0.39, 0.29) is 37.2 Å². The predicted octanol–water partition coefficient (Wildman–Crippen LogP) is 4.02. The molecule has 3 aromatic rings. The Kier molecular flexibility index (Phi) is 6.42. The molecule has 2 aromatic heterocycles. The number of aromatic nitrogens is 2. The quantitative estimate of drug-likeness (QED) is 0.486. The Morgan fingerprint density at radius 2 is 2.06 bits per heavy atom. The van der Waals surface area contributed by atoms with Gasteiger partial charge >= 0.3 is 0 Å². The van der Waals surface area contributed by atoms with Crippen LogP contribution in [-0.4, -0.2) is 44.0 Å². The highest BCUT2D eigenvalue weighted by Crippen LogP contribution is 2.42. The zero-order valence-corrected chi connectivity index (χ0v) is 19.9. The van der Waals surface area contributed by atoms with Crippen LogP contribution in [0.15, 0.2) is 60.4 Å². The van der Waals surface area contributed by atoms with Gasteiger partial charge in [-0.1, -0.05) is 18.2 Å². The molecule has 9 heteroatoms. The maximum absolute atomic E-state index is 14.3. The Hall–Kier alpha value is -3.46. The van der Waals surface area contributed by atoms with Gasteiger partial charge in [0.2, 0.25) is 17.7 Å². The fourth-order valence-corrected chi connectivity index (χ4v) is 5.92. The van der Waals surface area contributed by atoms with Gasteiger partial charge in [0, 0.05) is 43.4 Å². The molecule has 2 fully saturated rings. The van der Waals surface area contributed by atoms with Crippen LogP contribution in [-0.2, 0) is 26.3 Å². The summed E-state index contributed by atoms with van der Waals surface area (Å²) in [7, 11) is 0. The minimum atomic E-state index is -1.46. The molecule has 1 aromatic carbocycles. The first-order valence-electron chi connectivity index (χ1n) is 11.7. The first kappa shape index (κ1) is 23.3. The number of likely N-dealkylation sites (tertiary alicyclic amines) is 2. The number of carbonyl (C=O) groups is 3. The Balaban J connectivity index is 1.49. The summed E-state index contributed by atoms with van der Waals surface area (Å²) in [5.41, 5.74) is -0.403. The van der Waals surface area contributed by atoms with E-state index in [9.17, 15) is 18.8 Å². The van der Waals surface area contributed by atoms with Gasteiger partial charge in [0.25, 0.3) is 0 Å². The van der Waals surface area contributed by atoms with Crippen molar-refractivity contribution in [1.82, 2.24) is 19.8 Å². The number of benzene rings is 1. The lowest BCUT2D eigenvalue weighted by Gasteiger charge is -2.37. The molecular weight excluding hydrogens is 467 g/mol. The maximum atomic E-state index is 14.3. The second kappa shape index (κ2) is 9.65. The Labute approximate surface area is 206 Å². The van der Waals surface area contributed by atoms with E-state index in [4.69, 9.17) is 0 Å². The second-order valence-electron chi connectivity index (χ2n) is 9.06. The van der Waals surface area contributed by atoms with E-state index in [1.165, 1.54) is 34.4 Å². The maximum Gasteiger partial charge on any atom is 0.241 e. The highest BCUT2D eigenvalue weighted by molar-refractivity contribution is 7.09. The summed E-state index contributed by atoms with van der Waals surface area (Å²) < 4.78 is 14.3. The molecule has 0 bridgehead atoms. The summed E-state index contributed by atoms with van der Waals surface area (Å²) >= 11 is 1.50. The van der Waals surface area contributed by atoms with Gasteiger partial charge in [0.1, 0.15) is 10.8 Å². The molecule has 0 spiro atoms. The number of rotatable bonds is 6. The fraction of sp³-hybridized carbons (Fsp3) is 0.346. The number of amides is 3. The molecule has 2 unspecified atom stereocenters. The van der Waals surface area contributed by atoms with Crippen LogP contribution in [0.4, 0.5) is 4.39 Å². The molecule has 3 amide bonds. The lowest BCUT2D eigenvalue weighted by molar-refractivity contribution is -0.144. The van der Waals surface area contributed by atoms with Crippen LogP contribution in [0, 0.1) is 5.82 Å². The van der Waals surface area contributed by atoms with Crippen LogP contribution in [0.25, 0.3) is 0 Å². The summed E-state index contributed by atoms with van der Waals surface area (Å²) in [6.07, 6.45) is 7.20. The summed E-state index contributed by atoms with van der Waals surface area (Å²) in [6.45, 7) is 0.617. The van der Waals surface area contributed by atoms with Gasteiger partial charge in [-0.3, -0.25) is 24.3 Å². The molecule has 7 nitrogen and oxygen atoms in total.